The highest BCUT2D eigenvalue weighted by molar-refractivity contribution is 5.79. The van der Waals surface area contributed by atoms with Gasteiger partial charge in [-0.1, -0.05) is 19.8 Å². The van der Waals surface area contributed by atoms with E-state index in [1.165, 1.54) is 6.42 Å². The summed E-state index contributed by atoms with van der Waals surface area (Å²) < 4.78 is 0. The van der Waals surface area contributed by atoms with Gasteiger partial charge in [-0.15, -0.1) is 0 Å². The number of nitrogens with zero attached hydrogens (tertiary/aromatic N) is 3. The summed E-state index contributed by atoms with van der Waals surface area (Å²) in [5, 5.41) is 3.07. The van der Waals surface area contributed by atoms with Crippen LogP contribution in [0.15, 0.2) is 23.3 Å². The smallest absolute Gasteiger partial charge is 0.255 e. The minimum atomic E-state index is -0.318. The number of aromatic amines is 1. The molecule has 3 rings (SSSR count). The van der Waals surface area contributed by atoms with Gasteiger partial charge in [0.15, 0.2) is 11.6 Å². The van der Waals surface area contributed by atoms with Crippen molar-refractivity contribution < 1.29 is 4.79 Å². The molecule has 1 aliphatic rings. The van der Waals surface area contributed by atoms with Crippen LogP contribution in [0.3, 0.4) is 0 Å². The molecule has 1 aliphatic carbocycles. The standard InChI is InChI=1S/C18H23N5O2/c1-11-6-3-4-7-14(11)22-15(24)10-13-12(2)21-17(23-18(13)25)16-19-8-5-9-20-16/h5,8-9,11,14H,3-4,6-7,10H2,1-2H3,(H,22,24)(H,21,23,25)/t11-,14+/m1/s1. The highest BCUT2D eigenvalue weighted by atomic mass is 16.2. The van der Waals surface area contributed by atoms with Crippen molar-refractivity contribution >= 4 is 5.91 Å². The first-order valence-electron chi connectivity index (χ1n) is 8.71. The van der Waals surface area contributed by atoms with Gasteiger partial charge < -0.3 is 10.3 Å². The van der Waals surface area contributed by atoms with E-state index in [2.05, 4.69) is 32.2 Å². The number of carbonyl (C=O) groups excluding carboxylic acids is 1. The summed E-state index contributed by atoms with van der Waals surface area (Å²) in [7, 11) is 0. The summed E-state index contributed by atoms with van der Waals surface area (Å²) in [4.78, 5) is 40.0. The monoisotopic (exact) mass is 341 g/mol. The van der Waals surface area contributed by atoms with Gasteiger partial charge in [0, 0.05) is 29.7 Å². The Balaban J connectivity index is 1.74. The SMILES string of the molecule is Cc1nc(-c2ncccn2)[nH]c(=O)c1CC(=O)N[C@H]1CCCC[C@H]1C. The molecule has 2 heterocycles. The van der Waals surface area contributed by atoms with E-state index in [4.69, 9.17) is 0 Å². The van der Waals surface area contributed by atoms with Gasteiger partial charge in [0.1, 0.15) is 0 Å². The first-order chi connectivity index (χ1) is 12.0. The minimum absolute atomic E-state index is 0.0350. The Kier molecular flexibility index (Phi) is 5.21. The molecular weight excluding hydrogens is 318 g/mol. The number of hydrogen-bond donors (Lipinski definition) is 2. The van der Waals surface area contributed by atoms with Crippen LogP contribution < -0.4 is 10.9 Å². The number of aromatic nitrogens is 4. The van der Waals surface area contributed by atoms with E-state index in [0.29, 0.717) is 28.8 Å². The fourth-order valence-electron chi connectivity index (χ4n) is 3.29. The first-order valence-corrected chi connectivity index (χ1v) is 8.71. The number of H-pyrrole nitrogens is 1. The summed E-state index contributed by atoms with van der Waals surface area (Å²) in [6, 6.07) is 1.89. The van der Waals surface area contributed by atoms with E-state index in [1.807, 2.05) is 0 Å². The normalized spacial score (nSPS) is 20.2. The molecule has 1 amide bonds. The van der Waals surface area contributed by atoms with Crippen molar-refractivity contribution in [2.24, 2.45) is 5.92 Å². The van der Waals surface area contributed by atoms with Crippen LogP contribution in [-0.2, 0) is 11.2 Å². The average Bonchev–Trinajstić information content (AvgIpc) is 2.61. The van der Waals surface area contributed by atoms with Crippen LogP contribution in [0.25, 0.3) is 11.6 Å². The fourth-order valence-corrected chi connectivity index (χ4v) is 3.29. The number of rotatable bonds is 4. The zero-order valence-corrected chi connectivity index (χ0v) is 14.6. The number of carbonyl (C=O) groups is 1. The largest absolute Gasteiger partial charge is 0.353 e. The predicted molar refractivity (Wildman–Crippen MR) is 93.9 cm³/mol. The molecule has 0 spiro atoms. The van der Waals surface area contributed by atoms with Crippen LogP contribution in [0.2, 0.25) is 0 Å². The van der Waals surface area contributed by atoms with Gasteiger partial charge in [-0.2, -0.15) is 0 Å². The van der Waals surface area contributed by atoms with Gasteiger partial charge in [-0.3, -0.25) is 9.59 Å². The van der Waals surface area contributed by atoms with Crippen molar-refractivity contribution in [1.82, 2.24) is 25.3 Å². The Hall–Kier alpha value is -2.57. The summed E-state index contributed by atoms with van der Waals surface area (Å²) in [5.41, 5.74) is 0.598. The van der Waals surface area contributed by atoms with Crippen LogP contribution in [0.5, 0.6) is 0 Å². The van der Waals surface area contributed by atoms with Crippen molar-refractivity contribution in [3.63, 3.8) is 0 Å². The topological polar surface area (TPSA) is 101 Å². The predicted octanol–water partition coefficient (Wildman–Crippen LogP) is 1.77. The number of aryl methyl sites for hydroxylation is 1. The van der Waals surface area contributed by atoms with Gasteiger partial charge in [0.25, 0.3) is 5.56 Å². The summed E-state index contributed by atoms with van der Waals surface area (Å²) in [6.45, 7) is 3.89. The van der Waals surface area contributed by atoms with Crippen LogP contribution in [0.1, 0.15) is 43.9 Å². The van der Waals surface area contributed by atoms with Crippen molar-refractivity contribution in [1.29, 1.82) is 0 Å². The molecule has 0 aromatic carbocycles. The van der Waals surface area contributed by atoms with Gasteiger partial charge in [-0.05, 0) is 31.7 Å². The summed E-state index contributed by atoms with van der Waals surface area (Å²) in [5.74, 6) is 1.02. The zero-order valence-electron chi connectivity index (χ0n) is 14.6. The second kappa shape index (κ2) is 7.55. The summed E-state index contributed by atoms with van der Waals surface area (Å²) >= 11 is 0. The third-order valence-corrected chi connectivity index (χ3v) is 4.80. The van der Waals surface area contributed by atoms with E-state index in [9.17, 15) is 9.59 Å². The molecule has 0 saturated heterocycles. The molecule has 0 bridgehead atoms. The maximum absolute atomic E-state index is 12.4. The first kappa shape index (κ1) is 17.3. The molecule has 2 aromatic heterocycles. The van der Waals surface area contributed by atoms with E-state index >= 15 is 0 Å². The maximum atomic E-state index is 12.4. The van der Waals surface area contributed by atoms with Gasteiger partial charge in [0.05, 0.1) is 6.42 Å². The third kappa shape index (κ3) is 4.10. The Bertz CT molecular complexity index is 803. The van der Waals surface area contributed by atoms with Crippen molar-refractivity contribution in [3.05, 3.63) is 40.1 Å². The van der Waals surface area contributed by atoms with Crippen molar-refractivity contribution in [3.8, 4) is 11.6 Å². The molecule has 2 N–H and O–H groups in total. The van der Waals surface area contributed by atoms with E-state index in [0.717, 1.165) is 19.3 Å². The van der Waals surface area contributed by atoms with E-state index in [-0.39, 0.29) is 23.9 Å². The maximum Gasteiger partial charge on any atom is 0.255 e. The highest BCUT2D eigenvalue weighted by Crippen LogP contribution is 2.23. The molecule has 2 atom stereocenters. The van der Waals surface area contributed by atoms with Crippen molar-refractivity contribution in [2.45, 2.75) is 52.0 Å². The molecule has 0 aliphatic heterocycles. The molecule has 0 radical (unpaired) electrons. The minimum Gasteiger partial charge on any atom is -0.353 e. The van der Waals surface area contributed by atoms with E-state index in [1.54, 1.807) is 25.4 Å². The van der Waals surface area contributed by atoms with Gasteiger partial charge in [-0.25, -0.2) is 15.0 Å². The zero-order chi connectivity index (χ0) is 17.8. The Morgan fingerprint density at radius 3 is 2.68 bits per heavy atom. The lowest BCUT2D eigenvalue weighted by Crippen LogP contribution is -2.42. The molecular formula is C18H23N5O2. The lowest BCUT2D eigenvalue weighted by atomic mass is 9.86. The van der Waals surface area contributed by atoms with Gasteiger partial charge in [0.2, 0.25) is 5.91 Å². The molecule has 132 valence electrons. The Labute approximate surface area is 146 Å². The average molecular weight is 341 g/mol. The highest BCUT2D eigenvalue weighted by Gasteiger charge is 2.23. The molecule has 0 unspecified atom stereocenters. The fraction of sp³-hybridized carbons (Fsp3) is 0.500. The Morgan fingerprint density at radius 2 is 2.00 bits per heavy atom. The second-order valence-corrected chi connectivity index (χ2v) is 6.66. The Morgan fingerprint density at radius 1 is 1.28 bits per heavy atom. The van der Waals surface area contributed by atoms with E-state index < -0.39 is 0 Å². The quantitative estimate of drug-likeness (QED) is 0.883. The molecule has 1 saturated carbocycles. The number of hydrogen-bond acceptors (Lipinski definition) is 5. The van der Waals surface area contributed by atoms with Gasteiger partial charge >= 0.3 is 0 Å². The van der Waals surface area contributed by atoms with Crippen LogP contribution in [0, 0.1) is 12.8 Å². The van der Waals surface area contributed by atoms with Crippen LogP contribution in [-0.4, -0.2) is 31.9 Å². The lowest BCUT2D eigenvalue weighted by Gasteiger charge is -2.29. The second-order valence-electron chi connectivity index (χ2n) is 6.66. The van der Waals surface area contributed by atoms with Crippen LogP contribution >= 0.6 is 0 Å². The number of amides is 1. The molecule has 2 aromatic rings. The molecule has 1 fully saturated rings. The molecule has 25 heavy (non-hydrogen) atoms. The van der Waals surface area contributed by atoms with Crippen LogP contribution in [0.4, 0.5) is 0 Å². The molecule has 7 nitrogen and oxygen atoms in total. The third-order valence-electron chi connectivity index (χ3n) is 4.80. The number of nitrogens with one attached hydrogen (secondary N) is 2. The summed E-state index contributed by atoms with van der Waals surface area (Å²) in [6.07, 6.45) is 7.71. The lowest BCUT2D eigenvalue weighted by molar-refractivity contribution is -0.121. The molecule has 7 heteroatoms. The van der Waals surface area contributed by atoms with Crippen molar-refractivity contribution in [2.75, 3.05) is 0 Å².